The van der Waals surface area contributed by atoms with Gasteiger partial charge >= 0.3 is 5.97 Å². The molecule has 0 aromatic heterocycles. The summed E-state index contributed by atoms with van der Waals surface area (Å²) in [5.74, 6) is -4.07. The molecule has 106 valence electrons. The van der Waals surface area contributed by atoms with Gasteiger partial charge < -0.3 is 15.2 Å². The number of nitrogens with one attached hydrogen (secondary N) is 1. The van der Waals surface area contributed by atoms with Crippen molar-refractivity contribution < 1.29 is 23.4 Å². The summed E-state index contributed by atoms with van der Waals surface area (Å²) < 4.78 is 32.5. The van der Waals surface area contributed by atoms with Gasteiger partial charge in [0.25, 0.3) is 0 Å². The Morgan fingerprint density at radius 3 is 2.53 bits per heavy atom. The maximum absolute atomic E-state index is 13.6. The molecule has 2 N–H and O–H groups in total. The minimum Gasteiger partial charge on any atom is -0.478 e. The number of benzene rings is 1. The van der Waals surface area contributed by atoms with Crippen molar-refractivity contribution in [3.8, 4) is 0 Å². The summed E-state index contributed by atoms with van der Waals surface area (Å²) in [5.41, 5.74) is -1.31. The summed E-state index contributed by atoms with van der Waals surface area (Å²) >= 11 is 0. The fourth-order valence-corrected chi connectivity index (χ4v) is 1.60. The molecular formula is C13H17F2NO3. The molecule has 0 fully saturated rings. The zero-order valence-electron chi connectivity index (χ0n) is 11.1. The molecule has 0 spiro atoms. The molecule has 1 aromatic rings. The fourth-order valence-electron chi connectivity index (χ4n) is 1.60. The molecule has 0 aliphatic rings. The van der Waals surface area contributed by atoms with Crippen molar-refractivity contribution in [3.05, 3.63) is 29.3 Å². The van der Waals surface area contributed by atoms with E-state index in [0.29, 0.717) is 6.61 Å². The van der Waals surface area contributed by atoms with E-state index in [2.05, 4.69) is 5.32 Å². The number of ether oxygens (including phenoxy) is 1. The van der Waals surface area contributed by atoms with E-state index in [-0.39, 0.29) is 12.2 Å². The minimum absolute atomic E-state index is 0.0877. The van der Waals surface area contributed by atoms with Crippen molar-refractivity contribution in [2.24, 2.45) is 0 Å². The van der Waals surface area contributed by atoms with Crippen molar-refractivity contribution >= 4 is 11.7 Å². The Labute approximate surface area is 110 Å². The Morgan fingerprint density at radius 2 is 2.00 bits per heavy atom. The van der Waals surface area contributed by atoms with Crippen LogP contribution >= 0.6 is 0 Å². The standard InChI is InChI=1S/C13H17F2NO3/c1-4-19-13(2,3)7-16-9-6-5-8(12(17)18)10(14)11(9)15/h5-6,16H,4,7H2,1-3H3,(H,17,18). The highest BCUT2D eigenvalue weighted by Crippen LogP contribution is 2.22. The molecule has 0 radical (unpaired) electrons. The van der Waals surface area contributed by atoms with Gasteiger partial charge in [-0.3, -0.25) is 0 Å². The van der Waals surface area contributed by atoms with Gasteiger partial charge in [-0.15, -0.1) is 0 Å². The lowest BCUT2D eigenvalue weighted by atomic mass is 10.1. The van der Waals surface area contributed by atoms with Gasteiger partial charge in [0.05, 0.1) is 16.9 Å². The first-order valence-electron chi connectivity index (χ1n) is 5.87. The van der Waals surface area contributed by atoms with Crippen LogP contribution in [0.3, 0.4) is 0 Å². The van der Waals surface area contributed by atoms with Gasteiger partial charge in [0.2, 0.25) is 0 Å². The van der Waals surface area contributed by atoms with Crippen LogP contribution in [0.4, 0.5) is 14.5 Å². The summed E-state index contributed by atoms with van der Waals surface area (Å²) in [6.07, 6.45) is 0. The summed E-state index contributed by atoms with van der Waals surface area (Å²) in [4.78, 5) is 10.6. The number of aromatic carboxylic acids is 1. The highest BCUT2D eigenvalue weighted by molar-refractivity contribution is 5.88. The SMILES string of the molecule is CCOC(C)(C)CNc1ccc(C(=O)O)c(F)c1F. The van der Waals surface area contributed by atoms with Crippen molar-refractivity contribution in [1.82, 2.24) is 0 Å². The third-order valence-corrected chi connectivity index (χ3v) is 2.55. The van der Waals surface area contributed by atoms with Crippen LogP contribution < -0.4 is 5.32 Å². The zero-order chi connectivity index (χ0) is 14.6. The topological polar surface area (TPSA) is 58.6 Å². The summed E-state index contributed by atoms with van der Waals surface area (Å²) in [6, 6.07) is 2.22. The number of carboxylic acid groups (broad SMARTS) is 1. The van der Waals surface area contributed by atoms with E-state index in [1.54, 1.807) is 0 Å². The second-order valence-corrected chi connectivity index (χ2v) is 4.64. The zero-order valence-corrected chi connectivity index (χ0v) is 11.1. The van der Waals surface area contributed by atoms with Crippen LogP contribution in [0.5, 0.6) is 0 Å². The number of hydrogen-bond donors (Lipinski definition) is 2. The number of carbonyl (C=O) groups is 1. The molecule has 4 nitrogen and oxygen atoms in total. The van der Waals surface area contributed by atoms with Crippen LogP contribution in [0.25, 0.3) is 0 Å². The van der Waals surface area contributed by atoms with Gasteiger partial charge in [0, 0.05) is 13.2 Å². The monoisotopic (exact) mass is 273 g/mol. The molecule has 0 aliphatic carbocycles. The molecule has 0 unspecified atom stereocenters. The quantitative estimate of drug-likeness (QED) is 0.836. The van der Waals surface area contributed by atoms with Crippen LogP contribution in [-0.4, -0.2) is 29.8 Å². The predicted molar refractivity (Wildman–Crippen MR) is 67.5 cm³/mol. The summed E-state index contributed by atoms with van der Waals surface area (Å²) in [7, 11) is 0. The van der Waals surface area contributed by atoms with Crippen molar-refractivity contribution in [1.29, 1.82) is 0 Å². The molecule has 0 saturated carbocycles. The highest BCUT2D eigenvalue weighted by atomic mass is 19.2. The van der Waals surface area contributed by atoms with Crippen LogP contribution in [0.2, 0.25) is 0 Å². The second kappa shape index (κ2) is 5.97. The second-order valence-electron chi connectivity index (χ2n) is 4.64. The lowest BCUT2D eigenvalue weighted by molar-refractivity contribution is 0.000642. The number of rotatable bonds is 6. The third kappa shape index (κ3) is 3.89. The van der Waals surface area contributed by atoms with Crippen LogP contribution in [0, 0.1) is 11.6 Å². The lowest BCUT2D eigenvalue weighted by Gasteiger charge is -2.25. The van der Waals surface area contributed by atoms with Gasteiger partial charge in [0.1, 0.15) is 0 Å². The van der Waals surface area contributed by atoms with Gasteiger partial charge in [-0.25, -0.2) is 13.6 Å². The molecule has 19 heavy (non-hydrogen) atoms. The van der Waals surface area contributed by atoms with E-state index in [1.165, 1.54) is 6.07 Å². The summed E-state index contributed by atoms with van der Waals surface area (Å²) in [6.45, 7) is 6.23. The first kappa shape index (κ1) is 15.4. The Hall–Kier alpha value is -1.69. The van der Waals surface area contributed by atoms with E-state index in [0.717, 1.165) is 6.07 Å². The largest absolute Gasteiger partial charge is 0.478 e. The molecule has 0 amide bonds. The van der Waals surface area contributed by atoms with Gasteiger partial charge in [0.15, 0.2) is 11.6 Å². The molecule has 0 atom stereocenters. The van der Waals surface area contributed by atoms with Crippen molar-refractivity contribution in [2.45, 2.75) is 26.4 Å². The van der Waals surface area contributed by atoms with Gasteiger partial charge in [-0.2, -0.15) is 0 Å². The highest BCUT2D eigenvalue weighted by Gasteiger charge is 2.21. The van der Waals surface area contributed by atoms with E-state index in [4.69, 9.17) is 9.84 Å². The molecular weight excluding hydrogens is 256 g/mol. The average molecular weight is 273 g/mol. The predicted octanol–water partition coefficient (Wildman–Crippen LogP) is 2.89. The van der Waals surface area contributed by atoms with Crippen molar-refractivity contribution in [2.75, 3.05) is 18.5 Å². The number of carboxylic acids is 1. The molecule has 0 heterocycles. The number of anilines is 1. The first-order valence-corrected chi connectivity index (χ1v) is 5.87. The Balaban J connectivity index is 2.87. The number of halogens is 2. The molecule has 1 aromatic carbocycles. The molecule has 0 aliphatic heterocycles. The Morgan fingerprint density at radius 1 is 1.37 bits per heavy atom. The number of hydrogen-bond acceptors (Lipinski definition) is 3. The Kier molecular flexibility index (Phi) is 4.83. The maximum Gasteiger partial charge on any atom is 0.338 e. The van der Waals surface area contributed by atoms with E-state index in [1.807, 2.05) is 20.8 Å². The molecule has 0 saturated heterocycles. The molecule has 1 rings (SSSR count). The fraction of sp³-hybridized carbons (Fsp3) is 0.462. The third-order valence-electron chi connectivity index (χ3n) is 2.55. The molecule has 6 heteroatoms. The maximum atomic E-state index is 13.6. The van der Waals surface area contributed by atoms with E-state index < -0.39 is 28.8 Å². The van der Waals surface area contributed by atoms with Crippen molar-refractivity contribution in [3.63, 3.8) is 0 Å². The van der Waals surface area contributed by atoms with Gasteiger partial charge in [-0.05, 0) is 32.9 Å². The van der Waals surface area contributed by atoms with E-state index in [9.17, 15) is 13.6 Å². The molecule has 0 bridgehead atoms. The van der Waals surface area contributed by atoms with Gasteiger partial charge in [-0.1, -0.05) is 0 Å². The summed E-state index contributed by atoms with van der Waals surface area (Å²) in [5, 5.41) is 11.4. The average Bonchev–Trinajstić information content (AvgIpc) is 2.30. The smallest absolute Gasteiger partial charge is 0.338 e. The lowest BCUT2D eigenvalue weighted by Crippen LogP contribution is -2.33. The first-order chi connectivity index (χ1) is 8.78. The van der Waals surface area contributed by atoms with Crippen LogP contribution in [0.15, 0.2) is 12.1 Å². The van der Waals surface area contributed by atoms with Crippen LogP contribution in [0.1, 0.15) is 31.1 Å². The van der Waals surface area contributed by atoms with Crippen LogP contribution in [-0.2, 0) is 4.74 Å². The Bertz CT molecular complexity index is 475. The minimum atomic E-state index is -1.50. The normalized spacial score (nSPS) is 11.4. The van der Waals surface area contributed by atoms with E-state index >= 15 is 0 Å².